The molecule has 0 aliphatic rings. The molecule has 0 spiro atoms. The topological polar surface area (TPSA) is 112 Å². The lowest BCUT2D eigenvalue weighted by molar-refractivity contribution is 0.0108. The monoisotopic (exact) mass is 298 g/mol. The van der Waals surface area contributed by atoms with Crippen molar-refractivity contribution >= 4 is 6.09 Å². The lowest BCUT2D eigenvalue weighted by atomic mass is 10.1. The molecule has 1 heterocycles. The molecule has 0 aliphatic heterocycles. The zero-order valence-electron chi connectivity index (χ0n) is 12.4. The fourth-order valence-corrected chi connectivity index (χ4v) is 1.52. The number of rotatable bonds is 5. The summed E-state index contributed by atoms with van der Waals surface area (Å²) in [6, 6.07) is 3.10. The molecule has 0 saturated carbocycles. The highest BCUT2D eigenvalue weighted by Gasteiger charge is 2.22. The summed E-state index contributed by atoms with van der Waals surface area (Å²) in [4.78, 5) is 15.4. The third-order valence-electron chi connectivity index (χ3n) is 2.55. The van der Waals surface area contributed by atoms with Crippen LogP contribution in [0.25, 0.3) is 0 Å². The fraction of sp³-hybridized carbons (Fsp3) is 0.571. The Bertz CT molecular complexity index is 455. The van der Waals surface area contributed by atoms with Crippen LogP contribution in [0.5, 0.6) is 0 Å². The number of carbonyl (C=O) groups excluding carboxylic acids is 1. The van der Waals surface area contributed by atoms with Crippen LogP contribution in [-0.2, 0) is 11.3 Å². The molecule has 4 N–H and O–H groups in total. The van der Waals surface area contributed by atoms with E-state index in [1.54, 1.807) is 26.8 Å². The van der Waals surface area contributed by atoms with Crippen molar-refractivity contribution in [2.45, 2.75) is 45.2 Å². The number of carbonyl (C=O) groups is 1. The van der Waals surface area contributed by atoms with Crippen molar-refractivity contribution in [1.29, 1.82) is 0 Å². The van der Waals surface area contributed by atoms with Gasteiger partial charge in [0, 0.05) is 12.7 Å². The van der Waals surface area contributed by atoms with Gasteiger partial charge in [0.15, 0.2) is 0 Å². The lowest BCUT2D eigenvalue weighted by Gasteiger charge is -2.22. The first-order valence-electron chi connectivity index (χ1n) is 6.61. The number of amides is 1. The minimum Gasteiger partial charge on any atom is -0.444 e. The van der Waals surface area contributed by atoms with Crippen molar-refractivity contribution in [1.82, 2.24) is 10.3 Å². The number of hydrogen-bond donors (Lipinski definition) is 4. The first kappa shape index (κ1) is 17.4. The van der Waals surface area contributed by atoms with Gasteiger partial charge in [-0.1, -0.05) is 6.07 Å². The van der Waals surface area contributed by atoms with E-state index in [0.29, 0.717) is 5.56 Å². The van der Waals surface area contributed by atoms with Crippen molar-refractivity contribution in [3.8, 4) is 0 Å². The molecular weight excluding hydrogens is 276 g/mol. The van der Waals surface area contributed by atoms with Crippen LogP contribution in [0.1, 0.15) is 38.1 Å². The van der Waals surface area contributed by atoms with E-state index in [2.05, 4.69) is 10.3 Å². The second-order valence-corrected chi connectivity index (χ2v) is 5.64. The van der Waals surface area contributed by atoms with Gasteiger partial charge in [0.2, 0.25) is 0 Å². The van der Waals surface area contributed by atoms with Gasteiger partial charge in [-0.05, 0) is 32.4 Å². The summed E-state index contributed by atoms with van der Waals surface area (Å²) in [5.41, 5.74) is 0.230. The highest BCUT2D eigenvalue weighted by molar-refractivity contribution is 5.67. The first-order valence-corrected chi connectivity index (χ1v) is 6.61. The van der Waals surface area contributed by atoms with E-state index in [1.807, 2.05) is 0 Å². The molecule has 7 heteroatoms. The zero-order valence-corrected chi connectivity index (χ0v) is 12.4. The number of aliphatic hydroxyl groups excluding tert-OH is 3. The summed E-state index contributed by atoms with van der Waals surface area (Å²) >= 11 is 0. The number of nitrogens with one attached hydrogen (secondary N) is 1. The zero-order chi connectivity index (χ0) is 16.0. The van der Waals surface area contributed by atoms with Crippen molar-refractivity contribution in [3.05, 3.63) is 29.6 Å². The number of aliphatic hydroxyl groups is 3. The molecule has 1 amide bonds. The summed E-state index contributed by atoms with van der Waals surface area (Å²) in [6.45, 7) is 4.87. The molecule has 0 aromatic carbocycles. The Morgan fingerprint density at radius 3 is 2.52 bits per heavy atom. The molecule has 0 fully saturated rings. The Kier molecular flexibility index (Phi) is 6.07. The average Bonchev–Trinajstić information content (AvgIpc) is 2.42. The molecular formula is C14H22N2O5. The van der Waals surface area contributed by atoms with E-state index < -0.39 is 23.9 Å². The maximum Gasteiger partial charge on any atom is 0.407 e. The van der Waals surface area contributed by atoms with E-state index in [-0.39, 0.29) is 18.8 Å². The largest absolute Gasteiger partial charge is 0.444 e. The maximum absolute atomic E-state index is 11.4. The summed E-state index contributed by atoms with van der Waals surface area (Å²) in [5.74, 6) is 0. The summed E-state index contributed by atoms with van der Waals surface area (Å²) < 4.78 is 5.02. The fourth-order valence-electron chi connectivity index (χ4n) is 1.52. The molecule has 0 aliphatic carbocycles. The van der Waals surface area contributed by atoms with Gasteiger partial charge in [0.1, 0.15) is 17.8 Å². The van der Waals surface area contributed by atoms with Gasteiger partial charge in [0.25, 0.3) is 0 Å². The molecule has 21 heavy (non-hydrogen) atoms. The third kappa shape index (κ3) is 6.07. The summed E-state index contributed by atoms with van der Waals surface area (Å²) in [6.07, 6.45) is -1.72. The van der Waals surface area contributed by atoms with Crippen molar-refractivity contribution in [2.75, 3.05) is 6.54 Å². The predicted octanol–water partition coefficient (Wildman–Crippen LogP) is 0.493. The molecule has 0 radical (unpaired) electrons. The number of aromatic nitrogens is 1. The molecule has 2 atom stereocenters. The maximum atomic E-state index is 11.4. The smallest absolute Gasteiger partial charge is 0.407 e. The van der Waals surface area contributed by atoms with Crippen LogP contribution in [0.3, 0.4) is 0 Å². The van der Waals surface area contributed by atoms with Crippen molar-refractivity contribution in [3.63, 3.8) is 0 Å². The minimum atomic E-state index is -1.24. The molecule has 1 aromatic heterocycles. The molecule has 118 valence electrons. The minimum absolute atomic E-state index is 0.147. The highest BCUT2D eigenvalue weighted by atomic mass is 16.6. The second kappa shape index (κ2) is 7.35. The first-order chi connectivity index (χ1) is 9.73. The number of alkyl carbamates (subject to hydrolysis) is 1. The Balaban J connectivity index is 2.50. The Morgan fingerprint density at radius 2 is 2.05 bits per heavy atom. The van der Waals surface area contributed by atoms with Crippen LogP contribution < -0.4 is 5.32 Å². The Morgan fingerprint density at radius 1 is 1.38 bits per heavy atom. The Labute approximate surface area is 123 Å². The standard InChI is InChI=1S/C14H22N2O5/c1-14(2,3)21-13(20)16-7-11(18)12(19)10-5-4-9(8-17)6-15-10/h4-6,11-12,17-19H,7-8H2,1-3H3,(H,16,20). The van der Waals surface area contributed by atoms with Gasteiger partial charge in [-0.15, -0.1) is 0 Å². The number of nitrogens with zero attached hydrogens (tertiary/aromatic N) is 1. The van der Waals surface area contributed by atoms with Gasteiger partial charge >= 0.3 is 6.09 Å². The van der Waals surface area contributed by atoms with Crippen molar-refractivity contribution < 1.29 is 24.9 Å². The van der Waals surface area contributed by atoms with Crippen LogP contribution in [0.4, 0.5) is 4.79 Å². The van der Waals surface area contributed by atoms with E-state index in [9.17, 15) is 15.0 Å². The summed E-state index contributed by atoms with van der Waals surface area (Å²) in [5, 5.41) is 31.0. The van der Waals surface area contributed by atoms with Gasteiger partial charge < -0.3 is 25.4 Å². The molecule has 1 aromatic rings. The van der Waals surface area contributed by atoms with E-state index in [1.165, 1.54) is 12.3 Å². The van der Waals surface area contributed by atoms with Crippen LogP contribution >= 0.6 is 0 Å². The molecule has 1 rings (SSSR count). The quantitative estimate of drug-likeness (QED) is 0.629. The number of pyridine rings is 1. The SMILES string of the molecule is CC(C)(C)OC(=O)NCC(O)C(O)c1ccc(CO)cn1. The summed E-state index contributed by atoms with van der Waals surface area (Å²) in [7, 11) is 0. The van der Waals surface area contributed by atoms with Crippen LogP contribution in [-0.4, -0.2) is 44.6 Å². The Hall–Kier alpha value is -1.70. The number of hydrogen-bond acceptors (Lipinski definition) is 6. The van der Waals surface area contributed by atoms with Gasteiger partial charge in [-0.25, -0.2) is 4.79 Å². The van der Waals surface area contributed by atoms with Crippen LogP contribution in [0, 0.1) is 0 Å². The third-order valence-corrected chi connectivity index (χ3v) is 2.55. The number of ether oxygens (including phenoxy) is 1. The average molecular weight is 298 g/mol. The lowest BCUT2D eigenvalue weighted by Crippen LogP contribution is -2.39. The molecule has 0 bridgehead atoms. The van der Waals surface area contributed by atoms with E-state index in [4.69, 9.17) is 9.84 Å². The van der Waals surface area contributed by atoms with Gasteiger partial charge in [0.05, 0.1) is 12.3 Å². The van der Waals surface area contributed by atoms with Crippen LogP contribution in [0.15, 0.2) is 18.3 Å². The molecule has 2 unspecified atom stereocenters. The van der Waals surface area contributed by atoms with Crippen molar-refractivity contribution in [2.24, 2.45) is 0 Å². The van der Waals surface area contributed by atoms with Gasteiger partial charge in [-0.2, -0.15) is 0 Å². The predicted molar refractivity (Wildman–Crippen MR) is 75.4 cm³/mol. The second-order valence-electron chi connectivity index (χ2n) is 5.64. The normalized spacial score (nSPS) is 14.4. The molecule has 0 saturated heterocycles. The van der Waals surface area contributed by atoms with Gasteiger partial charge in [-0.3, -0.25) is 4.98 Å². The van der Waals surface area contributed by atoms with E-state index in [0.717, 1.165) is 0 Å². The van der Waals surface area contributed by atoms with E-state index >= 15 is 0 Å². The molecule has 7 nitrogen and oxygen atoms in total. The highest BCUT2D eigenvalue weighted by Crippen LogP contribution is 2.15. The van der Waals surface area contributed by atoms with Crippen LogP contribution in [0.2, 0.25) is 0 Å².